The minimum Gasteiger partial charge on any atom is -0.444 e. The van der Waals surface area contributed by atoms with Crippen LogP contribution in [-0.2, 0) is 52.1 Å². The Morgan fingerprint density at radius 3 is 2.46 bits per heavy atom. The van der Waals surface area contributed by atoms with E-state index in [4.69, 9.17) is 26.1 Å². The van der Waals surface area contributed by atoms with Crippen molar-refractivity contribution >= 4 is 50.3 Å². The van der Waals surface area contributed by atoms with Crippen molar-refractivity contribution in [3.05, 3.63) is 105 Å². The molecule has 2 aromatic heterocycles. The maximum atomic E-state index is 15.5. The minimum atomic E-state index is -4.55. The Balaban J connectivity index is 1.04. The lowest BCUT2D eigenvalue weighted by Crippen LogP contribution is -2.54. The molecule has 2 aliphatic rings. The molecule has 0 spiro atoms. The number of hydrogen-bond donors (Lipinski definition) is 3. The Kier molecular flexibility index (Phi) is 14.8. The number of hydrogen-bond acceptors (Lipinski definition) is 10. The molecule has 2 fully saturated rings. The Morgan fingerprint density at radius 1 is 0.985 bits per heavy atom. The van der Waals surface area contributed by atoms with E-state index >= 15 is 8.78 Å². The van der Waals surface area contributed by atoms with Gasteiger partial charge in [0.05, 0.1) is 27.9 Å². The molecule has 18 heteroatoms. The molecular formula is C47H57ClF2N8O6S. The highest BCUT2D eigenvalue weighted by molar-refractivity contribution is 7.89. The van der Waals surface area contributed by atoms with Gasteiger partial charge in [-0.1, -0.05) is 42.8 Å². The van der Waals surface area contributed by atoms with Gasteiger partial charge in [0.15, 0.2) is 5.65 Å². The van der Waals surface area contributed by atoms with E-state index in [2.05, 4.69) is 25.4 Å². The topological polar surface area (TPSA) is 160 Å². The third-order valence-corrected chi connectivity index (χ3v) is 13.4. The second-order valence-electron chi connectivity index (χ2n) is 17.5. The molecule has 0 radical (unpaired) electrons. The third kappa shape index (κ3) is 11.3. The fraction of sp³-hybridized carbons (Fsp3) is 0.447. The molecule has 0 saturated carbocycles. The standard InChI is InChI=1S/C47H57ClF2N8O6S/c1-7-41-36(43(54-33-14-18-63-19-15-33)37-25-52-58(8-2)44(37)55-41)26-53-65(61,62)42-22-35(38(48)23-40(42)50)45(59)51-24-30-12-13-39(49)34(21-30)32-11-9-10-31(20-32)28-56-16-17-57(29(3)27-56)46(60)64-47(4,5)6/h9-13,20-23,25,29,33,53H,7-8,14-19,24,26-28H2,1-6H3,(H,51,59)(H,54,55)/t29-/m0/s1. The number of aromatic nitrogens is 3. The molecule has 2 amide bonds. The van der Waals surface area contributed by atoms with E-state index in [0.717, 1.165) is 35.9 Å². The number of pyridine rings is 1. The maximum Gasteiger partial charge on any atom is 0.410 e. The zero-order valence-corrected chi connectivity index (χ0v) is 39.2. The number of nitrogens with zero attached hydrogens (tertiary/aromatic N) is 5. The number of fused-ring (bicyclic) bond motifs is 1. The van der Waals surface area contributed by atoms with Crippen LogP contribution < -0.4 is 15.4 Å². The van der Waals surface area contributed by atoms with E-state index in [0.29, 0.717) is 91.6 Å². The first-order chi connectivity index (χ1) is 30.9. The van der Waals surface area contributed by atoms with E-state index in [1.165, 1.54) is 12.1 Å². The van der Waals surface area contributed by atoms with Crippen molar-refractivity contribution in [2.75, 3.05) is 38.2 Å². The number of carbonyl (C=O) groups excluding carboxylic acids is 2. The molecule has 3 N–H and O–H groups in total. The molecule has 5 aromatic rings. The summed E-state index contributed by atoms with van der Waals surface area (Å²) in [6.07, 6.45) is 3.39. The smallest absolute Gasteiger partial charge is 0.410 e. The highest BCUT2D eigenvalue weighted by Crippen LogP contribution is 2.33. The van der Waals surface area contributed by atoms with Crippen LogP contribution in [0.25, 0.3) is 22.2 Å². The minimum absolute atomic E-state index is 0.0575. The molecule has 1 atom stereocenters. The summed E-state index contributed by atoms with van der Waals surface area (Å²) in [5, 5.41) is 11.3. The summed E-state index contributed by atoms with van der Waals surface area (Å²) in [7, 11) is -4.55. The molecule has 7 rings (SSSR count). The van der Waals surface area contributed by atoms with E-state index in [9.17, 15) is 18.0 Å². The second kappa shape index (κ2) is 20.1. The molecule has 0 unspecified atom stereocenters. The Bertz CT molecular complexity index is 2670. The van der Waals surface area contributed by atoms with Crippen LogP contribution in [-0.4, -0.2) is 95.5 Å². The summed E-state index contributed by atoms with van der Waals surface area (Å²) in [4.78, 5) is 34.4. The van der Waals surface area contributed by atoms with Crippen molar-refractivity contribution in [3.63, 3.8) is 0 Å². The number of carbonyl (C=O) groups is 2. The fourth-order valence-electron chi connectivity index (χ4n) is 8.30. The number of nitrogens with one attached hydrogen (secondary N) is 3. The van der Waals surface area contributed by atoms with Crippen LogP contribution in [0.15, 0.2) is 65.7 Å². The van der Waals surface area contributed by atoms with Gasteiger partial charge in [-0.2, -0.15) is 5.10 Å². The first kappa shape index (κ1) is 47.8. The summed E-state index contributed by atoms with van der Waals surface area (Å²) < 4.78 is 74.2. The van der Waals surface area contributed by atoms with Crippen molar-refractivity contribution in [2.45, 2.75) is 110 Å². The van der Waals surface area contributed by atoms with Crippen LogP contribution in [0.5, 0.6) is 0 Å². The largest absolute Gasteiger partial charge is 0.444 e. The molecular weight excluding hydrogens is 878 g/mol. The average Bonchev–Trinajstić information content (AvgIpc) is 3.68. The third-order valence-electron chi connectivity index (χ3n) is 11.6. The van der Waals surface area contributed by atoms with Crippen molar-refractivity contribution < 1.29 is 36.3 Å². The molecule has 65 heavy (non-hydrogen) atoms. The van der Waals surface area contributed by atoms with Gasteiger partial charge < -0.3 is 25.0 Å². The molecule has 2 saturated heterocycles. The summed E-state index contributed by atoms with van der Waals surface area (Å²) in [5.41, 5.74) is 4.29. The maximum absolute atomic E-state index is 15.5. The highest BCUT2D eigenvalue weighted by Gasteiger charge is 2.31. The normalized spacial score (nSPS) is 16.5. The highest BCUT2D eigenvalue weighted by atomic mass is 35.5. The number of ether oxygens (including phenoxy) is 2. The van der Waals surface area contributed by atoms with Crippen molar-refractivity contribution in [2.24, 2.45) is 0 Å². The fourth-order valence-corrected chi connectivity index (χ4v) is 9.61. The molecule has 0 bridgehead atoms. The quantitative estimate of drug-likeness (QED) is 0.0995. The monoisotopic (exact) mass is 934 g/mol. The van der Waals surface area contributed by atoms with Crippen molar-refractivity contribution in [1.82, 2.24) is 34.6 Å². The summed E-state index contributed by atoms with van der Waals surface area (Å²) in [6.45, 7) is 15.3. The van der Waals surface area contributed by atoms with Crippen molar-refractivity contribution in [3.8, 4) is 11.1 Å². The predicted molar refractivity (Wildman–Crippen MR) is 246 cm³/mol. The lowest BCUT2D eigenvalue weighted by molar-refractivity contribution is 0.000544. The molecule has 14 nitrogen and oxygen atoms in total. The van der Waals surface area contributed by atoms with Crippen LogP contribution in [0.1, 0.15) is 87.1 Å². The van der Waals surface area contributed by atoms with Crippen LogP contribution in [0.3, 0.4) is 0 Å². The zero-order valence-electron chi connectivity index (χ0n) is 37.6. The zero-order chi connectivity index (χ0) is 46.6. The first-order valence-electron chi connectivity index (χ1n) is 22.0. The van der Waals surface area contributed by atoms with Crippen molar-refractivity contribution in [1.29, 1.82) is 0 Å². The number of aryl methyl sites for hydroxylation is 2. The molecule has 0 aliphatic carbocycles. The van der Waals surface area contributed by atoms with Gasteiger partial charge >= 0.3 is 6.09 Å². The Hall–Kier alpha value is -5.20. The SMILES string of the molecule is CCc1nc2c(cnn2CC)c(NC2CCOCC2)c1CNS(=O)(=O)c1cc(C(=O)NCc2ccc(F)c(-c3cccc(CN4CCN(C(=O)OC(C)(C)C)[C@@H](C)C4)c3)c2)c(Cl)cc1F. The van der Waals surface area contributed by atoms with Gasteiger partial charge in [0, 0.05) is 87.9 Å². The van der Waals surface area contributed by atoms with Crippen LogP contribution in [0, 0.1) is 11.6 Å². The van der Waals surface area contributed by atoms with Crippen LogP contribution in [0.2, 0.25) is 5.02 Å². The lowest BCUT2D eigenvalue weighted by Gasteiger charge is -2.40. The van der Waals surface area contributed by atoms with Gasteiger partial charge in [0.25, 0.3) is 5.91 Å². The number of halogens is 3. The summed E-state index contributed by atoms with van der Waals surface area (Å²) in [5.74, 6) is -2.33. The van der Waals surface area contributed by atoms with Gasteiger partial charge in [-0.05, 0) is 101 Å². The predicted octanol–water partition coefficient (Wildman–Crippen LogP) is 8.05. The molecule has 3 aromatic carbocycles. The number of amides is 2. The number of piperazine rings is 1. The average molecular weight is 936 g/mol. The number of rotatable bonds is 14. The molecule has 4 heterocycles. The van der Waals surface area contributed by atoms with Crippen LogP contribution in [0.4, 0.5) is 19.3 Å². The second-order valence-corrected chi connectivity index (χ2v) is 19.7. The number of anilines is 1. The van der Waals surface area contributed by atoms with E-state index < -0.39 is 38.1 Å². The van der Waals surface area contributed by atoms with Gasteiger partial charge in [-0.15, -0.1) is 0 Å². The summed E-state index contributed by atoms with van der Waals surface area (Å²) in [6, 6.07) is 13.8. The summed E-state index contributed by atoms with van der Waals surface area (Å²) >= 11 is 6.36. The van der Waals surface area contributed by atoms with E-state index in [1.807, 2.05) is 65.8 Å². The first-order valence-corrected chi connectivity index (χ1v) is 23.9. The molecule has 348 valence electrons. The molecule has 2 aliphatic heterocycles. The van der Waals surface area contributed by atoms with E-state index in [1.54, 1.807) is 21.8 Å². The van der Waals surface area contributed by atoms with Gasteiger partial charge in [0.1, 0.15) is 22.1 Å². The Labute approximate surface area is 384 Å². The lowest BCUT2D eigenvalue weighted by atomic mass is 10.00. The van der Waals surface area contributed by atoms with E-state index in [-0.39, 0.29) is 41.9 Å². The Morgan fingerprint density at radius 2 is 1.75 bits per heavy atom. The van der Waals surface area contributed by atoms with Gasteiger partial charge in [-0.25, -0.2) is 36.4 Å². The van der Waals surface area contributed by atoms with Gasteiger partial charge in [-0.3, -0.25) is 9.69 Å². The van der Waals surface area contributed by atoms with Crippen LogP contribution >= 0.6 is 11.6 Å². The number of benzene rings is 3. The van der Waals surface area contributed by atoms with Gasteiger partial charge in [0.2, 0.25) is 10.0 Å². The number of sulfonamides is 1.